The van der Waals surface area contributed by atoms with E-state index in [1.54, 1.807) is 30.6 Å². The Morgan fingerprint density at radius 2 is 2.14 bits per heavy atom. The number of aliphatic hydroxyl groups is 1. The Hall–Kier alpha value is -1.96. The summed E-state index contributed by atoms with van der Waals surface area (Å²) >= 11 is 1.21. The highest BCUT2D eigenvalue weighted by Crippen LogP contribution is 2.26. The summed E-state index contributed by atoms with van der Waals surface area (Å²) in [6, 6.07) is 8.59. The van der Waals surface area contributed by atoms with Crippen LogP contribution in [0.4, 0.5) is 5.69 Å². The molecule has 0 spiro atoms. The van der Waals surface area contributed by atoms with Crippen molar-refractivity contribution in [3.05, 3.63) is 53.0 Å². The molecule has 0 amide bonds. The van der Waals surface area contributed by atoms with Crippen LogP contribution in [0.1, 0.15) is 4.88 Å². The van der Waals surface area contributed by atoms with Gasteiger partial charge in [0.2, 0.25) is 0 Å². The van der Waals surface area contributed by atoms with Gasteiger partial charge in [0.05, 0.1) is 17.2 Å². The van der Waals surface area contributed by atoms with Gasteiger partial charge in [0, 0.05) is 33.4 Å². The van der Waals surface area contributed by atoms with Crippen LogP contribution < -0.4 is 4.72 Å². The van der Waals surface area contributed by atoms with Crippen molar-refractivity contribution in [3.8, 4) is 0 Å². The molecular formula is C14H12N2O3S2. The monoisotopic (exact) mass is 320 g/mol. The molecule has 0 aliphatic carbocycles. The Kier molecular flexibility index (Phi) is 3.62. The number of aromatic nitrogens is 1. The lowest BCUT2D eigenvalue weighted by Crippen LogP contribution is -2.12. The minimum atomic E-state index is -3.67. The first-order valence-corrected chi connectivity index (χ1v) is 8.50. The highest BCUT2D eigenvalue weighted by Gasteiger charge is 2.17. The lowest BCUT2D eigenvalue weighted by atomic mass is 10.1. The van der Waals surface area contributed by atoms with Gasteiger partial charge in [-0.25, -0.2) is 8.42 Å². The van der Waals surface area contributed by atoms with E-state index in [-0.39, 0.29) is 11.5 Å². The zero-order valence-corrected chi connectivity index (χ0v) is 12.5. The SMILES string of the molecule is O=S(=O)(Nc1cccc2cnccc12)c1csc(CO)c1. The van der Waals surface area contributed by atoms with Crippen LogP contribution in [0.2, 0.25) is 0 Å². The quantitative estimate of drug-likeness (QED) is 0.774. The highest BCUT2D eigenvalue weighted by molar-refractivity contribution is 7.92. The van der Waals surface area contributed by atoms with Gasteiger partial charge in [0.25, 0.3) is 10.0 Å². The summed E-state index contributed by atoms with van der Waals surface area (Å²) in [7, 11) is -3.67. The van der Waals surface area contributed by atoms with Crippen molar-refractivity contribution in [2.45, 2.75) is 11.5 Å². The number of sulfonamides is 1. The average molecular weight is 320 g/mol. The van der Waals surface area contributed by atoms with Crippen molar-refractivity contribution < 1.29 is 13.5 Å². The maximum absolute atomic E-state index is 12.4. The van der Waals surface area contributed by atoms with Gasteiger partial charge in [-0.05, 0) is 18.2 Å². The van der Waals surface area contributed by atoms with Crippen LogP contribution >= 0.6 is 11.3 Å². The van der Waals surface area contributed by atoms with Crippen LogP contribution in [-0.4, -0.2) is 18.5 Å². The number of fused-ring (bicyclic) bond motifs is 1. The molecule has 108 valence electrons. The molecule has 0 bridgehead atoms. The number of pyridine rings is 1. The predicted molar refractivity (Wildman–Crippen MR) is 82.8 cm³/mol. The van der Waals surface area contributed by atoms with Gasteiger partial charge in [0.1, 0.15) is 0 Å². The van der Waals surface area contributed by atoms with E-state index < -0.39 is 10.0 Å². The second kappa shape index (κ2) is 5.44. The number of hydrogen-bond acceptors (Lipinski definition) is 5. The second-order valence-electron chi connectivity index (χ2n) is 4.41. The van der Waals surface area contributed by atoms with E-state index in [2.05, 4.69) is 9.71 Å². The number of anilines is 1. The minimum Gasteiger partial charge on any atom is -0.391 e. The summed E-state index contributed by atoms with van der Waals surface area (Å²) in [5.74, 6) is 0. The average Bonchev–Trinajstić information content (AvgIpc) is 2.97. The van der Waals surface area contributed by atoms with Crippen molar-refractivity contribution >= 4 is 37.8 Å². The van der Waals surface area contributed by atoms with Crippen LogP contribution in [0.15, 0.2) is 53.0 Å². The molecule has 0 fully saturated rings. The summed E-state index contributed by atoms with van der Waals surface area (Å²) in [6.45, 7) is -0.167. The molecule has 1 aromatic carbocycles. The lowest BCUT2D eigenvalue weighted by molar-refractivity contribution is 0.285. The molecule has 0 atom stereocenters. The van der Waals surface area contributed by atoms with Crippen LogP contribution in [0.3, 0.4) is 0 Å². The Balaban J connectivity index is 2.01. The molecule has 2 aromatic heterocycles. The van der Waals surface area contributed by atoms with E-state index in [9.17, 15) is 8.42 Å². The molecule has 2 heterocycles. The summed E-state index contributed by atoms with van der Waals surface area (Å²) < 4.78 is 27.3. The van der Waals surface area contributed by atoms with Crippen molar-refractivity contribution in [1.82, 2.24) is 4.98 Å². The third kappa shape index (κ3) is 2.76. The van der Waals surface area contributed by atoms with Crippen LogP contribution in [0, 0.1) is 0 Å². The molecule has 3 aromatic rings. The van der Waals surface area contributed by atoms with E-state index in [0.717, 1.165) is 10.8 Å². The number of aliphatic hydroxyl groups excluding tert-OH is 1. The van der Waals surface area contributed by atoms with Crippen molar-refractivity contribution in [2.75, 3.05) is 4.72 Å². The first-order valence-electron chi connectivity index (χ1n) is 6.14. The maximum Gasteiger partial charge on any atom is 0.262 e. The van der Waals surface area contributed by atoms with Gasteiger partial charge < -0.3 is 5.11 Å². The molecular weight excluding hydrogens is 308 g/mol. The van der Waals surface area contributed by atoms with Gasteiger partial charge in [0.15, 0.2) is 0 Å². The van der Waals surface area contributed by atoms with Crippen LogP contribution in [-0.2, 0) is 16.6 Å². The first-order chi connectivity index (χ1) is 10.1. The van der Waals surface area contributed by atoms with E-state index in [1.807, 2.05) is 6.07 Å². The maximum atomic E-state index is 12.4. The molecule has 5 nitrogen and oxygen atoms in total. The van der Waals surface area contributed by atoms with E-state index in [1.165, 1.54) is 22.8 Å². The molecule has 2 N–H and O–H groups in total. The van der Waals surface area contributed by atoms with Gasteiger partial charge >= 0.3 is 0 Å². The molecule has 0 saturated carbocycles. The van der Waals surface area contributed by atoms with Crippen molar-refractivity contribution in [3.63, 3.8) is 0 Å². The zero-order chi connectivity index (χ0) is 14.9. The number of nitrogens with zero attached hydrogens (tertiary/aromatic N) is 1. The standard InChI is InChI=1S/C14H12N2O3S2/c17-8-11-6-12(9-20-11)21(18,19)16-14-3-1-2-10-7-15-5-4-13(10)14/h1-7,9,16-17H,8H2. The van der Waals surface area contributed by atoms with E-state index in [4.69, 9.17) is 5.11 Å². The number of nitrogens with one attached hydrogen (secondary N) is 1. The van der Waals surface area contributed by atoms with E-state index in [0.29, 0.717) is 10.6 Å². The molecule has 0 aliphatic rings. The third-order valence-corrected chi connectivity index (χ3v) is 5.44. The summed E-state index contributed by atoms with van der Waals surface area (Å²) in [5, 5.41) is 12.2. The number of benzene rings is 1. The summed E-state index contributed by atoms with van der Waals surface area (Å²) in [4.78, 5) is 4.78. The second-order valence-corrected chi connectivity index (χ2v) is 7.09. The normalized spacial score (nSPS) is 11.7. The Bertz CT molecular complexity index is 883. The van der Waals surface area contributed by atoms with Gasteiger partial charge in [-0.15, -0.1) is 11.3 Å². The molecule has 0 saturated heterocycles. The number of rotatable bonds is 4. The van der Waals surface area contributed by atoms with E-state index >= 15 is 0 Å². The fourth-order valence-electron chi connectivity index (χ4n) is 2.00. The summed E-state index contributed by atoms with van der Waals surface area (Å²) in [5.41, 5.74) is 0.506. The molecule has 0 radical (unpaired) electrons. The van der Waals surface area contributed by atoms with Gasteiger partial charge in [-0.1, -0.05) is 12.1 Å². The molecule has 21 heavy (non-hydrogen) atoms. The summed E-state index contributed by atoms with van der Waals surface area (Å²) in [6.07, 6.45) is 3.30. The minimum absolute atomic E-state index is 0.155. The fourth-order valence-corrected chi connectivity index (χ4v) is 4.21. The Labute approximate surface area is 125 Å². The molecule has 3 rings (SSSR count). The largest absolute Gasteiger partial charge is 0.391 e. The highest BCUT2D eigenvalue weighted by atomic mass is 32.2. The molecule has 0 aliphatic heterocycles. The molecule has 7 heteroatoms. The zero-order valence-electron chi connectivity index (χ0n) is 10.9. The van der Waals surface area contributed by atoms with Crippen molar-refractivity contribution in [2.24, 2.45) is 0 Å². The third-order valence-electron chi connectivity index (χ3n) is 3.02. The first kappa shape index (κ1) is 14.0. The van der Waals surface area contributed by atoms with Crippen molar-refractivity contribution in [1.29, 1.82) is 0 Å². The fraction of sp³-hybridized carbons (Fsp3) is 0.0714. The van der Waals surface area contributed by atoms with Crippen LogP contribution in [0.5, 0.6) is 0 Å². The van der Waals surface area contributed by atoms with Gasteiger partial charge in [-0.3, -0.25) is 9.71 Å². The molecule has 0 unspecified atom stereocenters. The predicted octanol–water partition coefficient (Wildman–Crippen LogP) is 2.59. The number of hydrogen-bond donors (Lipinski definition) is 2. The Morgan fingerprint density at radius 1 is 1.29 bits per heavy atom. The number of thiophene rings is 1. The Morgan fingerprint density at radius 3 is 2.90 bits per heavy atom. The topological polar surface area (TPSA) is 79.3 Å². The smallest absolute Gasteiger partial charge is 0.262 e. The lowest BCUT2D eigenvalue weighted by Gasteiger charge is -2.09. The van der Waals surface area contributed by atoms with Crippen LogP contribution in [0.25, 0.3) is 10.8 Å². The van der Waals surface area contributed by atoms with Gasteiger partial charge in [-0.2, -0.15) is 0 Å².